The molecule has 3 amide bonds. The van der Waals surface area contributed by atoms with Gasteiger partial charge in [0.2, 0.25) is 12.7 Å². The van der Waals surface area contributed by atoms with Crippen LogP contribution < -0.4 is 14.8 Å². The van der Waals surface area contributed by atoms with Gasteiger partial charge < -0.3 is 14.8 Å². The Morgan fingerprint density at radius 3 is 2.78 bits per heavy atom. The molecule has 0 aromatic heterocycles. The van der Waals surface area contributed by atoms with Crippen LogP contribution in [-0.2, 0) is 16.0 Å². The molecular weight excluding hydrogens is 442 g/mol. The van der Waals surface area contributed by atoms with Crippen molar-refractivity contribution in [3.63, 3.8) is 0 Å². The highest BCUT2D eigenvalue weighted by molar-refractivity contribution is 8.18. The fraction of sp³-hybridized carbons (Fsp3) is 0.227. The molecule has 0 bridgehead atoms. The number of nitrogens with zero attached hydrogens (tertiary/aromatic N) is 1. The number of halogens is 2. The average Bonchev–Trinajstić information content (AvgIpc) is 3.33. The lowest BCUT2D eigenvalue weighted by atomic mass is 10.1. The van der Waals surface area contributed by atoms with Crippen LogP contribution in [0.2, 0.25) is 0 Å². The standard InChI is InChI=1S/C22H18F2N2O5S/c23-15-3-4-16(24)14(11-15)2-6-20(27)25-7-8-26-21(28)19(32-22(26)29)10-13-1-5-17-18(9-13)31-12-30-17/h1,3-5,9-11H,2,6-8,12H2,(H,25,27)/b19-10+. The molecule has 0 unspecified atom stereocenters. The number of fused-ring (bicyclic) bond motifs is 1. The molecule has 4 rings (SSSR count). The van der Waals surface area contributed by atoms with E-state index in [2.05, 4.69) is 5.32 Å². The van der Waals surface area contributed by atoms with Gasteiger partial charge in [-0.2, -0.15) is 0 Å². The molecule has 10 heteroatoms. The lowest BCUT2D eigenvalue weighted by Gasteiger charge is -2.13. The number of thioether (sulfide) groups is 1. The van der Waals surface area contributed by atoms with E-state index < -0.39 is 28.7 Å². The molecule has 1 N–H and O–H groups in total. The third-order valence-corrected chi connectivity index (χ3v) is 5.76. The van der Waals surface area contributed by atoms with Gasteiger partial charge in [-0.1, -0.05) is 6.07 Å². The van der Waals surface area contributed by atoms with E-state index in [1.165, 1.54) is 0 Å². The van der Waals surface area contributed by atoms with E-state index in [1.54, 1.807) is 24.3 Å². The number of benzene rings is 2. The lowest BCUT2D eigenvalue weighted by Crippen LogP contribution is -2.37. The Kier molecular flexibility index (Phi) is 6.40. The van der Waals surface area contributed by atoms with E-state index in [0.717, 1.165) is 34.9 Å². The maximum absolute atomic E-state index is 13.6. The van der Waals surface area contributed by atoms with Crippen molar-refractivity contribution in [1.82, 2.24) is 10.2 Å². The summed E-state index contributed by atoms with van der Waals surface area (Å²) < 4.78 is 37.4. The van der Waals surface area contributed by atoms with Gasteiger partial charge in [0.1, 0.15) is 11.6 Å². The number of ether oxygens (including phenoxy) is 2. The summed E-state index contributed by atoms with van der Waals surface area (Å²) in [4.78, 5) is 38.1. The minimum atomic E-state index is -0.578. The van der Waals surface area contributed by atoms with E-state index in [0.29, 0.717) is 17.1 Å². The smallest absolute Gasteiger partial charge is 0.293 e. The Balaban J connectivity index is 1.28. The maximum atomic E-state index is 13.6. The minimum absolute atomic E-state index is 0.00319. The van der Waals surface area contributed by atoms with Gasteiger partial charge in [0.25, 0.3) is 11.1 Å². The largest absolute Gasteiger partial charge is 0.454 e. The number of aryl methyl sites for hydroxylation is 1. The number of hydrogen-bond donors (Lipinski definition) is 1. The Labute approximate surface area is 186 Å². The zero-order valence-corrected chi connectivity index (χ0v) is 17.5. The number of carbonyl (C=O) groups is 3. The monoisotopic (exact) mass is 460 g/mol. The number of carbonyl (C=O) groups excluding carboxylic acids is 3. The molecule has 166 valence electrons. The summed E-state index contributed by atoms with van der Waals surface area (Å²) in [6.45, 7) is 0.196. The van der Waals surface area contributed by atoms with E-state index in [9.17, 15) is 23.2 Å². The molecule has 2 aliphatic heterocycles. The van der Waals surface area contributed by atoms with Crippen LogP contribution in [0.5, 0.6) is 11.5 Å². The maximum Gasteiger partial charge on any atom is 0.293 e. The van der Waals surface area contributed by atoms with E-state index in [4.69, 9.17) is 9.47 Å². The van der Waals surface area contributed by atoms with E-state index >= 15 is 0 Å². The first-order chi connectivity index (χ1) is 15.4. The van der Waals surface area contributed by atoms with Crippen LogP contribution in [0.25, 0.3) is 6.08 Å². The molecule has 2 aromatic rings. The van der Waals surface area contributed by atoms with Crippen molar-refractivity contribution in [2.45, 2.75) is 12.8 Å². The minimum Gasteiger partial charge on any atom is -0.454 e. The second kappa shape index (κ2) is 9.39. The first-order valence-electron chi connectivity index (χ1n) is 9.76. The summed E-state index contributed by atoms with van der Waals surface area (Å²) in [6.07, 6.45) is 1.58. The quantitative estimate of drug-likeness (QED) is 0.637. The molecule has 32 heavy (non-hydrogen) atoms. The molecule has 0 aliphatic carbocycles. The third kappa shape index (κ3) is 4.91. The number of rotatable bonds is 7. The van der Waals surface area contributed by atoms with Crippen LogP contribution in [0.3, 0.4) is 0 Å². The fourth-order valence-electron chi connectivity index (χ4n) is 3.23. The van der Waals surface area contributed by atoms with Crippen LogP contribution >= 0.6 is 11.8 Å². The van der Waals surface area contributed by atoms with Gasteiger partial charge in [-0.05, 0) is 65.7 Å². The van der Waals surface area contributed by atoms with E-state index in [1.807, 2.05) is 0 Å². The van der Waals surface area contributed by atoms with Crippen molar-refractivity contribution < 1.29 is 32.6 Å². The highest BCUT2D eigenvalue weighted by atomic mass is 32.2. The molecule has 2 aliphatic rings. The summed E-state index contributed by atoms with van der Waals surface area (Å²) in [7, 11) is 0. The molecule has 0 atom stereocenters. The van der Waals surface area contributed by atoms with Crippen LogP contribution in [0.15, 0.2) is 41.3 Å². The summed E-state index contributed by atoms with van der Waals surface area (Å²) in [5, 5.41) is 2.16. The molecule has 1 saturated heterocycles. The van der Waals surface area contributed by atoms with E-state index in [-0.39, 0.29) is 43.2 Å². The van der Waals surface area contributed by atoms with Gasteiger partial charge in [0.05, 0.1) is 4.91 Å². The number of amides is 3. The van der Waals surface area contributed by atoms with Gasteiger partial charge in [-0.3, -0.25) is 19.3 Å². The normalized spacial score (nSPS) is 16.2. The first kappa shape index (κ1) is 21.8. The van der Waals surface area contributed by atoms with Gasteiger partial charge in [-0.25, -0.2) is 8.78 Å². The average molecular weight is 460 g/mol. The zero-order valence-electron chi connectivity index (χ0n) is 16.7. The molecule has 0 spiro atoms. The molecular formula is C22H18F2N2O5S. The Bertz CT molecular complexity index is 1120. The molecule has 7 nitrogen and oxygen atoms in total. The van der Waals surface area contributed by atoms with Crippen LogP contribution in [-0.4, -0.2) is 41.8 Å². The van der Waals surface area contributed by atoms with Crippen LogP contribution in [0, 0.1) is 11.6 Å². The summed E-state index contributed by atoms with van der Waals surface area (Å²) in [6, 6.07) is 8.27. The Hall–Kier alpha value is -3.40. The summed E-state index contributed by atoms with van der Waals surface area (Å²) >= 11 is 0.816. The van der Waals surface area contributed by atoms with Gasteiger partial charge in [0, 0.05) is 19.5 Å². The topological polar surface area (TPSA) is 84.9 Å². The number of hydrogen-bond acceptors (Lipinski definition) is 6. The van der Waals surface area contributed by atoms with Crippen molar-refractivity contribution in [2.24, 2.45) is 0 Å². The predicted octanol–water partition coefficient (Wildman–Crippen LogP) is 3.48. The fourth-order valence-corrected chi connectivity index (χ4v) is 4.09. The molecule has 2 heterocycles. The second-order valence-electron chi connectivity index (χ2n) is 7.03. The second-order valence-corrected chi connectivity index (χ2v) is 8.02. The summed E-state index contributed by atoms with van der Waals surface area (Å²) in [5.74, 6) is -0.809. The van der Waals surface area contributed by atoms with Crippen molar-refractivity contribution in [2.75, 3.05) is 19.9 Å². The highest BCUT2D eigenvalue weighted by Crippen LogP contribution is 2.36. The zero-order chi connectivity index (χ0) is 22.7. The van der Waals surface area contributed by atoms with Crippen molar-refractivity contribution in [3.8, 4) is 11.5 Å². The van der Waals surface area contributed by atoms with Crippen molar-refractivity contribution in [3.05, 3.63) is 64.1 Å². The SMILES string of the molecule is O=C(CCc1cc(F)ccc1F)NCCN1C(=O)S/C(=C/c2ccc3c(c2)OCO3)C1=O. The van der Waals surface area contributed by atoms with Gasteiger partial charge >= 0.3 is 0 Å². The van der Waals surface area contributed by atoms with Crippen LogP contribution in [0.4, 0.5) is 13.6 Å². The summed E-state index contributed by atoms with van der Waals surface area (Å²) in [5.41, 5.74) is 0.803. The lowest BCUT2D eigenvalue weighted by molar-refractivity contribution is -0.124. The number of imide groups is 1. The predicted molar refractivity (Wildman–Crippen MR) is 113 cm³/mol. The molecule has 0 saturated carbocycles. The van der Waals surface area contributed by atoms with Crippen molar-refractivity contribution in [1.29, 1.82) is 0 Å². The highest BCUT2D eigenvalue weighted by Gasteiger charge is 2.34. The van der Waals surface area contributed by atoms with Gasteiger partial charge in [0.15, 0.2) is 11.5 Å². The van der Waals surface area contributed by atoms with Crippen molar-refractivity contribution >= 4 is 34.9 Å². The van der Waals surface area contributed by atoms with Gasteiger partial charge in [-0.15, -0.1) is 0 Å². The van der Waals surface area contributed by atoms with Crippen LogP contribution in [0.1, 0.15) is 17.5 Å². The number of nitrogens with one attached hydrogen (secondary N) is 1. The molecule has 2 aromatic carbocycles. The molecule has 0 radical (unpaired) electrons. The Morgan fingerprint density at radius 1 is 1.12 bits per heavy atom. The third-order valence-electron chi connectivity index (χ3n) is 4.85. The Morgan fingerprint density at radius 2 is 1.94 bits per heavy atom. The molecule has 1 fully saturated rings. The first-order valence-corrected chi connectivity index (χ1v) is 10.6.